The van der Waals surface area contributed by atoms with E-state index in [0.717, 1.165) is 24.6 Å². The lowest BCUT2D eigenvalue weighted by atomic mass is 9.96. The lowest BCUT2D eigenvalue weighted by molar-refractivity contribution is 0.251. The maximum Gasteiger partial charge on any atom is 0.319 e. The summed E-state index contributed by atoms with van der Waals surface area (Å²) in [7, 11) is 0. The molecule has 0 fully saturated rings. The van der Waals surface area contributed by atoms with E-state index in [4.69, 9.17) is 5.41 Å². The molecule has 8 nitrogen and oxygen atoms in total. The minimum absolute atomic E-state index is 0.311. The number of carbonyl (C=O) groups is 2. The lowest BCUT2D eigenvalue weighted by Gasteiger charge is -2.15. The van der Waals surface area contributed by atoms with Crippen molar-refractivity contribution >= 4 is 29.7 Å². The molecule has 4 amide bonds. The van der Waals surface area contributed by atoms with Crippen LogP contribution in [0.4, 0.5) is 25.4 Å². The standard InChI is InChI=1S/C27H31FN6O2/c1-4-10-30-26(35)33-21-14-22(25(32-16-21)19-6-8-23(28)17(3)12-19)18-7-9-24(20(13-18)15-29)34-27(36)31-11-5-2/h6-9,12-16,29H,4-5,10-11H2,1-3H3,(H2,30,33,35)(H2,31,34,36). The molecular weight excluding hydrogens is 459 g/mol. The molecular formula is C27H31FN6O2. The van der Waals surface area contributed by atoms with E-state index in [2.05, 4.69) is 26.3 Å². The average Bonchev–Trinajstić information content (AvgIpc) is 2.88. The first-order chi connectivity index (χ1) is 17.4. The second-order valence-electron chi connectivity index (χ2n) is 8.29. The molecule has 0 aliphatic carbocycles. The molecule has 0 atom stereocenters. The zero-order valence-corrected chi connectivity index (χ0v) is 20.7. The number of urea groups is 2. The third-order valence-corrected chi connectivity index (χ3v) is 5.41. The van der Waals surface area contributed by atoms with Crippen LogP contribution in [-0.2, 0) is 0 Å². The van der Waals surface area contributed by atoms with Gasteiger partial charge in [0.1, 0.15) is 5.82 Å². The van der Waals surface area contributed by atoms with Crippen LogP contribution in [0.5, 0.6) is 0 Å². The molecule has 0 bridgehead atoms. The number of benzene rings is 2. The molecule has 2 aromatic carbocycles. The molecule has 0 unspecified atom stereocenters. The average molecular weight is 491 g/mol. The van der Waals surface area contributed by atoms with Crippen molar-refractivity contribution in [1.82, 2.24) is 15.6 Å². The number of carbonyl (C=O) groups excluding carboxylic acids is 2. The van der Waals surface area contributed by atoms with Gasteiger partial charge in [-0.2, -0.15) is 0 Å². The van der Waals surface area contributed by atoms with Gasteiger partial charge < -0.3 is 26.7 Å². The summed E-state index contributed by atoms with van der Waals surface area (Å²) in [5, 5.41) is 18.9. The first kappa shape index (κ1) is 26.3. The summed E-state index contributed by atoms with van der Waals surface area (Å²) in [5.41, 5.74) is 4.66. The highest BCUT2D eigenvalue weighted by atomic mass is 19.1. The Morgan fingerprint density at radius 3 is 2.25 bits per heavy atom. The number of aromatic nitrogens is 1. The van der Waals surface area contributed by atoms with Crippen LogP contribution in [0.2, 0.25) is 0 Å². The van der Waals surface area contributed by atoms with Gasteiger partial charge in [0, 0.05) is 36.0 Å². The number of amides is 4. The highest BCUT2D eigenvalue weighted by Gasteiger charge is 2.15. The molecule has 0 aliphatic heterocycles. The van der Waals surface area contributed by atoms with Crippen molar-refractivity contribution in [2.24, 2.45) is 0 Å². The number of anilines is 2. The predicted molar refractivity (Wildman–Crippen MR) is 142 cm³/mol. The summed E-state index contributed by atoms with van der Waals surface area (Å²) in [6, 6.07) is 11.2. The maximum atomic E-state index is 13.9. The molecule has 1 heterocycles. The van der Waals surface area contributed by atoms with E-state index in [1.807, 2.05) is 13.8 Å². The van der Waals surface area contributed by atoms with Crippen molar-refractivity contribution in [1.29, 1.82) is 5.41 Å². The summed E-state index contributed by atoms with van der Waals surface area (Å²) in [5.74, 6) is -0.311. The Bertz CT molecular complexity index is 1260. The smallest absolute Gasteiger partial charge is 0.319 e. The minimum Gasteiger partial charge on any atom is -0.338 e. The van der Waals surface area contributed by atoms with E-state index < -0.39 is 0 Å². The van der Waals surface area contributed by atoms with Crippen LogP contribution < -0.4 is 21.3 Å². The number of aryl methyl sites for hydroxylation is 1. The Kier molecular flexibility index (Phi) is 9.10. The quantitative estimate of drug-likeness (QED) is 0.239. The summed E-state index contributed by atoms with van der Waals surface area (Å²) >= 11 is 0. The Morgan fingerprint density at radius 2 is 1.61 bits per heavy atom. The predicted octanol–water partition coefficient (Wildman–Crippen LogP) is 5.92. The molecule has 1 aromatic heterocycles. The van der Waals surface area contributed by atoms with Crippen LogP contribution in [-0.4, -0.2) is 36.4 Å². The number of halogens is 1. The molecule has 36 heavy (non-hydrogen) atoms. The zero-order valence-electron chi connectivity index (χ0n) is 20.7. The molecule has 0 spiro atoms. The van der Waals surface area contributed by atoms with Gasteiger partial charge in [0.05, 0.1) is 23.3 Å². The fourth-order valence-electron chi connectivity index (χ4n) is 3.56. The summed E-state index contributed by atoms with van der Waals surface area (Å²) in [4.78, 5) is 28.9. The van der Waals surface area contributed by atoms with Crippen LogP contribution in [0.15, 0.2) is 48.7 Å². The van der Waals surface area contributed by atoms with Crippen molar-refractivity contribution in [2.45, 2.75) is 33.6 Å². The summed E-state index contributed by atoms with van der Waals surface area (Å²) < 4.78 is 13.9. The van der Waals surface area contributed by atoms with Crippen molar-refractivity contribution in [3.05, 3.63) is 65.6 Å². The van der Waals surface area contributed by atoms with Crippen molar-refractivity contribution in [3.8, 4) is 22.4 Å². The van der Waals surface area contributed by atoms with E-state index in [-0.39, 0.29) is 17.9 Å². The largest absolute Gasteiger partial charge is 0.338 e. The highest BCUT2D eigenvalue weighted by Crippen LogP contribution is 2.34. The van der Waals surface area contributed by atoms with E-state index in [9.17, 15) is 14.0 Å². The monoisotopic (exact) mass is 490 g/mol. The van der Waals surface area contributed by atoms with Crippen LogP contribution in [0.3, 0.4) is 0 Å². The minimum atomic E-state index is -0.346. The molecule has 9 heteroatoms. The number of pyridine rings is 1. The Morgan fingerprint density at radius 1 is 0.944 bits per heavy atom. The topological polar surface area (TPSA) is 119 Å². The number of nitrogens with one attached hydrogen (secondary N) is 5. The molecule has 188 valence electrons. The molecule has 5 N–H and O–H groups in total. The first-order valence-corrected chi connectivity index (χ1v) is 11.9. The second kappa shape index (κ2) is 12.4. The van der Waals surface area contributed by atoms with E-state index in [1.165, 1.54) is 6.07 Å². The molecule has 0 aliphatic rings. The van der Waals surface area contributed by atoms with Crippen molar-refractivity contribution in [3.63, 3.8) is 0 Å². The maximum absolute atomic E-state index is 13.9. The number of hydrogen-bond acceptors (Lipinski definition) is 4. The highest BCUT2D eigenvalue weighted by molar-refractivity contribution is 5.98. The van der Waals surface area contributed by atoms with E-state index in [1.54, 1.807) is 49.5 Å². The summed E-state index contributed by atoms with van der Waals surface area (Å²) in [6.45, 7) is 6.70. The molecule has 0 saturated carbocycles. The van der Waals surface area contributed by atoms with Gasteiger partial charge >= 0.3 is 12.1 Å². The SMILES string of the molecule is CCCNC(=O)Nc1cnc(-c2ccc(F)c(C)c2)c(-c2ccc(NC(=O)NCCC)c(C=N)c2)c1. The Hall–Kier alpha value is -4.27. The van der Waals surface area contributed by atoms with Gasteiger partial charge in [0.2, 0.25) is 0 Å². The van der Waals surface area contributed by atoms with Gasteiger partial charge in [-0.3, -0.25) is 4.98 Å². The molecule has 3 rings (SSSR count). The number of hydrogen-bond donors (Lipinski definition) is 5. The van der Waals surface area contributed by atoms with Crippen LogP contribution in [0.1, 0.15) is 37.8 Å². The van der Waals surface area contributed by atoms with Gasteiger partial charge in [-0.15, -0.1) is 0 Å². The van der Waals surface area contributed by atoms with Gasteiger partial charge in [-0.05, 0) is 67.3 Å². The molecule has 0 radical (unpaired) electrons. The Balaban J connectivity index is 2.05. The number of rotatable bonds is 9. The van der Waals surface area contributed by atoms with Gasteiger partial charge in [-0.1, -0.05) is 19.9 Å². The number of nitrogens with zero attached hydrogens (tertiary/aromatic N) is 1. The molecule has 0 saturated heterocycles. The third kappa shape index (κ3) is 6.65. The van der Waals surface area contributed by atoms with Crippen LogP contribution >= 0.6 is 0 Å². The van der Waals surface area contributed by atoms with Crippen molar-refractivity contribution in [2.75, 3.05) is 23.7 Å². The molecule has 3 aromatic rings. The van der Waals surface area contributed by atoms with Crippen molar-refractivity contribution < 1.29 is 14.0 Å². The van der Waals surface area contributed by atoms with E-state index in [0.29, 0.717) is 52.4 Å². The second-order valence-corrected chi connectivity index (χ2v) is 8.29. The van der Waals surface area contributed by atoms with E-state index >= 15 is 0 Å². The van der Waals surface area contributed by atoms with Crippen LogP contribution in [0.25, 0.3) is 22.4 Å². The van der Waals surface area contributed by atoms with Gasteiger partial charge in [-0.25, -0.2) is 14.0 Å². The normalized spacial score (nSPS) is 10.4. The fraction of sp³-hybridized carbons (Fsp3) is 0.259. The first-order valence-electron chi connectivity index (χ1n) is 11.9. The lowest BCUT2D eigenvalue weighted by Crippen LogP contribution is -2.29. The third-order valence-electron chi connectivity index (χ3n) is 5.41. The fourth-order valence-corrected chi connectivity index (χ4v) is 3.56. The van der Waals surface area contributed by atoms with Crippen LogP contribution in [0, 0.1) is 18.2 Å². The Labute approximate surface area is 210 Å². The summed E-state index contributed by atoms with van der Waals surface area (Å²) in [6.07, 6.45) is 4.33. The van der Waals surface area contributed by atoms with Gasteiger partial charge in [0.15, 0.2) is 0 Å². The zero-order chi connectivity index (χ0) is 26.1. The van der Waals surface area contributed by atoms with Gasteiger partial charge in [0.25, 0.3) is 0 Å².